The number of aromatic nitrogens is 1. The molecular formula is C11H14N2O. The van der Waals surface area contributed by atoms with Crippen molar-refractivity contribution in [2.24, 2.45) is 0 Å². The number of carbonyl (C=O) groups is 1. The first-order valence-electron chi connectivity index (χ1n) is 4.41. The number of likely N-dealkylation sites (N-methyl/N-ethyl adjacent to an activating group) is 1. The van der Waals surface area contributed by atoms with Gasteiger partial charge in [-0.3, -0.25) is 9.78 Å². The molecule has 74 valence electrons. The van der Waals surface area contributed by atoms with Gasteiger partial charge < -0.3 is 4.90 Å². The highest BCUT2D eigenvalue weighted by Gasteiger charge is 1.96. The van der Waals surface area contributed by atoms with Crippen LogP contribution in [0.4, 0.5) is 0 Å². The van der Waals surface area contributed by atoms with Gasteiger partial charge in [0.05, 0.1) is 0 Å². The van der Waals surface area contributed by atoms with Crippen LogP contribution in [0.5, 0.6) is 0 Å². The van der Waals surface area contributed by atoms with Crippen molar-refractivity contribution in [1.82, 2.24) is 9.88 Å². The maximum atomic E-state index is 11.2. The predicted octanol–water partition coefficient (Wildman–Crippen LogP) is 1.49. The molecule has 1 aromatic rings. The molecule has 1 amide bonds. The van der Waals surface area contributed by atoms with Crippen molar-refractivity contribution in [3.63, 3.8) is 0 Å². The summed E-state index contributed by atoms with van der Waals surface area (Å²) in [5, 5.41) is 0. The molecule has 1 heterocycles. The minimum atomic E-state index is -0.0226. The number of rotatable bonds is 2. The largest absolute Gasteiger partial charge is 0.345 e. The maximum absolute atomic E-state index is 11.2. The van der Waals surface area contributed by atoms with Crippen molar-refractivity contribution in [2.75, 3.05) is 14.1 Å². The van der Waals surface area contributed by atoms with Crippen molar-refractivity contribution >= 4 is 12.0 Å². The van der Waals surface area contributed by atoms with Crippen LogP contribution in [0.2, 0.25) is 0 Å². The molecule has 0 radical (unpaired) electrons. The maximum Gasteiger partial charge on any atom is 0.246 e. The molecule has 0 aliphatic rings. The van der Waals surface area contributed by atoms with Crippen molar-refractivity contribution in [3.05, 3.63) is 35.7 Å². The second-order valence-electron chi connectivity index (χ2n) is 3.30. The summed E-state index contributed by atoms with van der Waals surface area (Å²) in [6.45, 7) is 1.93. The minimum Gasteiger partial charge on any atom is -0.345 e. The Morgan fingerprint density at radius 3 is 2.64 bits per heavy atom. The predicted molar refractivity (Wildman–Crippen MR) is 56.7 cm³/mol. The highest BCUT2D eigenvalue weighted by molar-refractivity contribution is 5.91. The van der Waals surface area contributed by atoms with Crippen molar-refractivity contribution in [1.29, 1.82) is 0 Å². The lowest BCUT2D eigenvalue weighted by Gasteiger charge is -2.04. The monoisotopic (exact) mass is 190 g/mol. The third-order valence-corrected chi connectivity index (χ3v) is 1.79. The van der Waals surface area contributed by atoms with E-state index in [0.717, 1.165) is 11.3 Å². The summed E-state index contributed by atoms with van der Waals surface area (Å²) < 4.78 is 0. The van der Waals surface area contributed by atoms with E-state index < -0.39 is 0 Å². The van der Waals surface area contributed by atoms with E-state index in [2.05, 4.69) is 4.98 Å². The summed E-state index contributed by atoms with van der Waals surface area (Å²) in [4.78, 5) is 16.9. The molecule has 0 fully saturated rings. The fourth-order valence-corrected chi connectivity index (χ4v) is 0.894. The van der Waals surface area contributed by atoms with Gasteiger partial charge in [0.25, 0.3) is 0 Å². The zero-order chi connectivity index (χ0) is 10.6. The van der Waals surface area contributed by atoms with Gasteiger partial charge in [0, 0.05) is 32.1 Å². The lowest BCUT2D eigenvalue weighted by Crippen LogP contribution is -2.18. The Balaban J connectivity index is 2.69. The van der Waals surface area contributed by atoms with Gasteiger partial charge in [-0.1, -0.05) is 6.07 Å². The molecule has 0 unspecified atom stereocenters. The summed E-state index contributed by atoms with van der Waals surface area (Å²) in [5.41, 5.74) is 1.91. The van der Waals surface area contributed by atoms with Crippen LogP contribution in [-0.4, -0.2) is 29.9 Å². The van der Waals surface area contributed by atoms with E-state index in [1.165, 1.54) is 11.0 Å². The molecule has 1 rings (SSSR count). The van der Waals surface area contributed by atoms with Crippen LogP contribution in [0.3, 0.4) is 0 Å². The number of amides is 1. The molecule has 0 atom stereocenters. The van der Waals surface area contributed by atoms with Crippen LogP contribution in [0, 0.1) is 6.92 Å². The van der Waals surface area contributed by atoms with Gasteiger partial charge in [-0.05, 0) is 24.6 Å². The Bertz CT molecular complexity index is 339. The third-order valence-electron chi connectivity index (χ3n) is 1.79. The molecule has 0 bridgehead atoms. The van der Waals surface area contributed by atoms with E-state index >= 15 is 0 Å². The molecule has 0 saturated carbocycles. The molecule has 0 saturated heterocycles. The van der Waals surface area contributed by atoms with Crippen LogP contribution >= 0.6 is 0 Å². The van der Waals surface area contributed by atoms with Gasteiger partial charge in [0.1, 0.15) is 0 Å². The van der Waals surface area contributed by atoms with E-state index in [1.54, 1.807) is 26.4 Å². The Labute approximate surface area is 84.1 Å². The number of carbonyl (C=O) groups excluding carboxylic acids is 1. The summed E-state index contributed by atoms with van der Waals surface area (Å²) in [5.74, 6) is -0.0226. The van der Waals surface area contributed by atoms with E-state index in [4.69, 9.17) is 0 Å². The second kappa shape index (κ2) is 4.56. The molecule has 0 aliphatic carbocycles. The van der Waals surface area contributed by atoms with Crippen LogP contribution < -0.4 is 0 Å². The molecule has 0 spiro atoms. The van der Waals surface area contributed by atoms with Crippen molar-refractivity contribution < 1.29 is 4.79 Å². The van der Waals surface area contributed by atoms with Crippen LogP contribution in [0.25, 0.3) is 6.08 Å². The van der Waals surface area contributed by atoms with E-state index in [0.29, 0.717) is 0 Å². The summed E-state index contributed by atoms with van der Waals surface area (Å²) in [6, 6.07) is 3.85. The molecule has 3 nitrogen and oxygen atoms in total. The Morgan fingerprint density at radius 2 is 2.14 bits per heavy atom. The fourth-order valence-electron chi connectivity index (χ4n) is 0.894. The Morgan fingerprint density at radius 1 is 1.43 bits per heavy atom. The molecular weight excluding hydrogens is 176 g/mol. The first kappa shape index (κ1) is 10.4. The summed E-state index contributed by atoms with van der Waals surface area (Å²) in [6.07, 6.45) is 5.04. The van der Waals surface area contributed by atoms with Gasteiger partial charge in [-0.25, -0.2) is 0 Å². The first-order chi connectivity index (χ1) is 6.59. The summed E-state index contributed by atoms with van der Waals surface area (Å²) >= 11 is 0. The average Bonchev–Trinajstić information content (AvgIpc) is 2.16. The molecule has 0 N–H and O–H groups in total. The van der Waals surface area contributed by atoms with E-state index in [9.17, 15) is 4.79 Å². The zero-order valence-electron chi connectivity index (χ0n) is 8.69. The molecule has 0 aromatic carbocycles. The van der Waals surface area contributed by atoms with Crippen molar-refractivity contribution in [2.45, 2.75) is 6.92 Å². The summed E-state index contributed by atoms with van der Waals surface area (Å²) in [7, 11) is 3.44. The van der Waals surface area contributed by atoms with Gasteiger partial charge in [0.2, 0.25) is 5.91 Å². The number of hydrogen-bond acceptors (Lipinski definition) is 2. The highest BCUT2D eigenvalue weighted by atomic mass is 16.2. The normalized spacial score (nSPS) is 10.5. The van der Waals surface area contributed by atoms with Crippen LogP contribution in [0.1, 0.15) is 11.3 Å². The molecule has 0 aliphatic heterocycles. The lowest BCUT2D eigenvalue weighted by atomic mass is 10.2. The van der Waals surface area contributed by atoms with Gasteiger partial charge in [-0.2, -0.15) is 0 Å². The minimum absolute atomic E-state index is 0.0226. The number of pyridine rings is 1. The van der Waals surface area contributed by atoms with E-state index in [-0.39, 0.29) is 5.91 Å². The molecule has 14 heavy (non-hydrogen) atoms. The van der Waals surface area contributed by atoms with Crippen LogP contribution in [0.15, 0.2) is 24.4 Å². The van der Waals surface area contributed by atoms with E-state index in [1.807, 2.05) is 19.1 Å². The molecule has 1 aromatic heterocycles. The molecule has 3 heteroatoms. The Hall–Kier alpha value is -1.64. The van der Waals surface area contributed by atoms with Gasteiger partial charge in [-0.15, -0.1) is 0 Å². The highest BCUT2D eigenvalue weighted by Crippen LogP contribution is 2.01. The lowest BCUT2D eigenvalue weighted by molar-refractivity contribution is -0.123. The van der Waals surface area contributed by atoms with Crippen molar-refractivity contribution in [3.8, 4) is 0 Å². The number of nitrogens with zero attached hydrogens (tertiary/aromatic N) is 2. The first-order valence-corrected chi connectivity index (χ1v) is 4.41. The fraction of sp³-hybridized carbons (Fsp3) is 0.273. The SMILES string of the molecule is Cc1ccc(C=CC(=O)N(C)C)cn1. The second-order valence-corrected chi connectivity index (χ2v) is 3.30. The standard InChI is InChI=1S/C11H14N2O/c1-9-4-5-10(8-12-9)6-7-11(14)13(2)3/h4-8H,1-3H3. The third kappa shape index (κ3) is 3.01. The van der Waals surface area contributed by atoms with Gasteiger partial charge in [0.15, 0.2) is 0 Å². The smallest absolute Gasteiger partial charge is 0.246 e. The average molecular weight is 190 g/mol. The number of aryl methyl sites for hydroxylation is 1. The Kier molecular flexibility index (Phi) is 3.40. The quantitative estimate of drug-likeness (QED) is 0.662. The van der Waals surface area contributed by atoms with Gasteiger partial charge >= 0.3 is 0 Å². The zero-order valence-corrected chi connectivity index (χ0v) is 8.69. The number of hydrogen-bond donors (Lipinski definition) is 0. The topological polar surface area (TPSA) is 33.2 Å². The van der Waals surface area contributed by atoms with Crippen LogP contribution in [-0.2, 0) is 4.79 Å².